The van der Waals surface area contributed by atoms with Crippen molar-refractivity contribution in [2.75, 3.05) is 52.9 Å². The zero-order chi connectivity index (χ0) is 23.8. The van der Waals surface area contributed by atoms with Gasteiger partial charge in [-0.15, -0.1) is 0 Å². The van der Waals surface area contributed by atoms with E-state index in [0.29, 0.717) is 50.6 Å². The zero-order valence-electron chi connectivity index (χ0n) is 20.1. The third kappa shape index (κ3) is 6.56. The fraction of sp³-hybridized carbons (Fsp3) is 0.600. The van der Waals surface area contributed by atoms with Gasteiger partial charge >= 0.3 is 0 Å². The normalized spacial score (nSPS) is 17.4. The van der Waals surface area contributed by atoms with Gasteiger partial charge in [0.15, 0.2) is 0 Å². The molecule has 2 aromatic rings. The lowest BCUT2D eigenvalue weighted by Crippen LogP contribution is -2.51. The highest BCUT2D eigenvalue weighted by Crippen LogP contribution is 2.20. The van der Waals surface area contributed by atoms with Crippen LogP contribution in [0.3, 0.4) is 0 Å². The van der Waals surface area contributed by atoms with E-state index in [9.17, 15) is 9.59 Å². The number of carbonyl (C=O) groups excluding carboxylic acids is 2. The predicted molar refractivity (Wildman–Crippen MR) is 127 cm³/mol. The van der Waals surface area contributed by atoms with Gasteiger partial charge in [0.2, 0.25) is 23.5 Å². The minimum atomic E-state index is 0.147. The van der Waals surface area contributed by atoms with Crippen molar-refractivity contribution in [2.24, 2.45) is 0 Å². The Labute approximate surface area is 201 Å². The SMILES string of the molecule is COc1ccc(-c2noc(CCCC(=O)N3CCN(CC(=O)N4CCCCCC4)CC3)n2)cc1. The molecule has 0 unspecified atom stereocenters. The fourth-order valence-corrected chi connectivity index (χ4v) is 4.53. The van der Waals surface area contributed by atoms with E-state index in [-0.39, 0.29) is 11.8 Å². The number of methoxy groups -OCH3 is 1. The van der Waals surface area contributed by atoms with Crippen LogP contribution >= 0.6 is 0 Å². The van der Waals surface area contributed by atoms with Gasteiger partial charge in [-0.2, -0.15) is 4.98 Å². The first-order valence-electron chi connectivity index (χ1n) is 12.4. The number of amides is 2. The van der Waals surface area contributed by atoms with Crippen LogP contribution in [0.15, 0.2) is 28.8 Å². The summed E-state index contributed by atoms with van der Waals surface area (Å²) in [5.41, 5.74) is 0.860. The summed E-state index contributed by atoms with van der Waals surface area (Å²) < 4.78 is 10.5. The van der Waals surface area contributed by atoms with E-state index in [1.165, 1.54) is 12.8 Å². The van der Waals surface area contributed by atoms with Crippen molar-refractivity contribution in [1.82, 2.24) is 24.8 Å². The van der Waals surface area contributed by atoms with Crippen LogP contribution in [-0.2, 0) is 16.0 Å². The maximum atomic E-state index is 12.6. The Morgan fingerprint density at radius 2 is 1.59 bits per heavy atom. The lowest BCUT2D eigenvalue weighted by atomic mass is 10.2. The molecule has 4 rings (SSSR count). The zero-order valence-corrected chi connectivity index (χ0v) is 20.1. The second kappa shape index (κ2) is 12.0. The van der Waals surface area contributed by atoms with E-state index in [2.05, 4.69) is 15.0 Å². The quantitative estimate of drug-likeness (QED) is 0.587. The molecule has 1 aromatic heterocycles. The summed E-state index contributed by atoms with van der Waals surface area (Å²) in [6, 6.07) is 7.49. The molecule has 2 fully saturated rings. The Morgan fingerprint density at radius 1 is 0.912 bits per heavy atom. The smallest absolute Gasteiger partial charge is 0.236 e. The number of aryl methyl sites for hydroxylation is 1. The second-order valence-corrected chi connectivity index (χ2v) is 9.05. The topological polar surface area (TPSA) is 92.0 Å². The van der Waals surface area contributed by atoms with Crippen LogP contribution in [0.2, 0.25) is 0 Å². The maximum absolute atomic E-state index is 12.6. The Hall–Kier alpha value is -2.94. The molecule has 0 spiro atoms. The summed E-state index contributed by atoms with van der Waals surface area (Å²) in [5, 5.41) is 4.04. The standard InChI is InChI=1S/C25H35N5O4/c1-33-21-11-9-20(10-12-21)25-26-22(34-27-25)7-6-8-23(31)30-17-15-28(16-18-30)19-24(32)29-13-4-2-3-5-14-29/h9-12H,2-8,13-19H2,1H3. The number of hydrogen-bond donors (Lipinski definition) is 0. The Balaban J connectivity index is 1.15. The molecule has 0 saturated carbocycles. The molecule has 1 aromatic carbocycles. The first kappa shape index (κ1) is 24.2. The highest BCUT2D eigenvalue weighted by atomic mass is 16.5. The average molecular weight is 470 g/mol. The van der Waals surface area contributed by atoms with Gasteiger partial charge in [0.1, 0.15) is 5.75 Å². The van der Waals surface area contributed by atoms with Crippen LogP contribution in [0.4, 0.5) is 0 Å². The van der Waals surface area contributed by atoms with Crippen LogP contribution in [0.25, 0.3) is 11.4 Å². The van der Waals surface area contributed by atoms with E-state index in [1.807, 2.05) is 34.1 Å². The summed E-state index contributed by atoms with van der Waals surface area (Å²) in [6.45, 7) is 5.09. The largest absolute Gasteiger partial charge is 0.497 e. The molecule has 2 aliphatic rings. The van der Waals surface area contributed by atoms with Gasteiger partial charge in [0.25, 0.3) is 0 Å². The predicted octanol–water partition coefficient (Wildman–Crippen LogP) is 2.61. The summed E-state index contributed by atoms with van der Waals surface area (Å²) in [7, 11) is 1.63. The molecule has 2 aliphatic heterocycles. The van der Waals surface area contributed by atoms with E-state index in [4.69, 9.17) is 9.26 Å². The minimum absolute atomic E-state index is 0.147. The third-order valence-corrected chi connectivity index (χ3v) is 6.64. The Bertz CT molecular complexity index is 929. The minimum Gasteiger partial charge on any atom is -0.497 e. The number of nitrogens with zero attached hydrogens (tertiary/aromatic N) is 5. The molecule has 0 bridgehead atoms. The molecule has 34 heavy (non-hydrogen) atoms. The first-order valence-corrected chi connectivity index (χ1v) is 12.4. The number of likely N-dealkylation sites (tertiary alicyclic amines) is 1. The molecule has 0 N–H and O–H groups in total. The van der Waals surface area contributed by atoms with Gasteiger partial charge in [0.05, 0.1) is 13.7 Å². The van der Waals surface area contributed by atoms with Crippen LogP contribution in [0.1, 0.15) is 44.4 Å². The van der Waals surface area contributed by atoms with Crippen LogP contribution < -0.4 is 4.74 Å². The first-order chi connectivity index (χ1) is 16.6. The Kier molecular flexibility index (Phi) is 8.51. The number of piperazine rings is 1. The fourth-order valence-electron chi connectivity index (χ4n) is 4.53. The molecule has 2 amide bonds. The van der Waals surface area contributed by atoms with E-state index in [1.54, 1.807) is 7.11 Å². The van der Waals surface area contributed by atoms with Crippen molar-refractivity contribution in [3.8, 4) is 17.1 Å². The van der Waals surface area contributed by atoms with Crippen LogP contribution in [0, 0.1) is 0 Å². The molecule has 2 saturated heterocycles. The molecule has 9 nitrogen and oxygen atoms in total. The van der Waals surface area contributed by atoms with Crippen LogP contribution in [-0.4, -0.2) is 89.6 Å². The van der Waals surface area contributed by atoms with E-state index in [0.717, 1.165) is 50.3 Å². The van der Waals surface area contributed by atoms with Gasteiger partial charge in [-0.05, 0) is 43.5 Å². The Morgan fingerprint density at radius 3 is 2.26 bits per heavy atom. The van der Waals surface area contributed by atoms with Crippen molar-refractivity contribution in [3.05, 3.63) is 30.2 Å². The second-order valence-electron chi connectivity index (χ2n) is 9.05. The van der Waals surface area contributed by atoms with Gasteiger partial charge in [-0.25, -0.2) is 0 Å². The van der Waals surface area contributed by atoms with E-state index >= 15 is 0 Å². The maximum Gasteiger partial charge on any atom is 0.236 e. The third-order valence-electron chi connectivity index (χ3n) is 6.64. The monoisotopic (exact) mass is 469 g/mol. The van der Waals surface area contributed by atoms with Crippen molar-refractivity contribution < 1.29 is 18.8 Å². The summed E-state index contributed by atoms with van der Waals surface area (Å²) in [4.78, 5) is 35.8. The number of rotatable bonds is 8. The highest BCUT2D eigenvalue weighted by molar-refractivity contribution is 5.78. The molecular weight excluding hydrogens is 434 g/mol. The van der Waals surface area contributed by atoms with Gasteiger partial charge in [0, 0.05) is 57.7 Å². The molecule has 0 atom stereocenters. The summed E-state index contributed by atoms with van der Waals surface area (Å²) >= 11 is 0. The van der Waals surface area contributed by atoms with Crippen molar-refractivity contribution in [1.29, 1.82) is 0 Å². The number of aromatic nitrogens is 2. The number of carbonyl (C=O) groups is 2. The molecule has 9 heteroatoms. The van der Waals surface area contributed by atoms with Gasteiger partial charge < -0.3 is 19.1 Å². The van der Waals surface area contributed by atoms with Crippen LogP contribution in [0.5, 0.6) is 5.75 Å². The van der Waals surface area contributed by atoms with Gasteiger partial charge in [-0.1, -0.05) is 18.0 Å². The molecule has 3 heterocycles. The van der Waals surface area contributed by atoms with Crippen molar-refractivity contribution >= 4 is 11.8 Å². The van der Waals surface area contributed by atoms with Crippen molar-refractivity contribution in [2.45, 2.75) is 44.9 Å². The van der Waals surface area contributed by atoms with Gasteiger partial charge in [-0.3, -0.25) is 14.5 Å². The average Bonchev–Trinajstić information content (AvgIpc) is 3.16. The lowest BCUT2D eigenvalue weighted by molar-refractivity contribution is -0.135. The van der Waals surface area contributed by atoms with E-state index < -0.39 is 0 Å². The number of ether oxygens (including phenoxy) is 1. The highest BCUT2D eigenvalue weighted by Gasteiger charge is 2.24. The number of hydrogen-bond acceptors (Lipinski definition) is 7. The summed E-state index contributed by atoms with van der Waals surface area (Å²) in [5.74, 6) is 2.23. The molecule has 184 valence electrons. The molecular formula is C25H35N5O4. The number of benzene rings is 1. The molecule has 0 aliphatic carbocycles. The summed E-state index contributed by atoms with van der Waals surface area (Å²) in [6.07, 6.45) is 6.35. The lowest BCUT2D eigenvalue weighted by Gasteiger charge is -2.35. The van der Waals surface area contributed by atoms with Crippen molar-refractivity contribution in [3.63, 3.8) is 0 Å². The molecule has 0 radical (unpaired) electrons.